The number of ketones is 1. The summed E-state index contributed by atoms with van der Waals surface area (Å²) in [5.74, 6) is -0.480. The van der Waals surface area contributed by atoms with Crippen molar-refractivity contribution in [1.29, 1.82) is 0 Å². The van der Waals surface area contributed by atoms with Crippen molar-refractivity contribution in [3.05, 3.63) is 24.3 Å². The number of aliphatic hydroxyl groups excluding tert-OH is 1. The van der Waals surface area contributed by atoms with Gasteiger partial charge in [0, 0.05) is 18.9 Å². The van der Waals surface area contributed by atoms with Crippen molar-refractivity contribution in [1.82, 2.24) is 0 Å². The lowest BCUT2D eigenvalue weighted by Gasteiger charge is -2.20. The molecule has 0 aromatic heterocycles. The number of hydrogen-bond acceptors (Lipinski definition) is 4. The molecule has 1 aliphatic carbocycles. The third-order valence-electron chi connectivity index (χ3n) is 5.45. The number of ether oxygens (including phenoxy) is 1. The molecule has 1 unspecified atom stereocenters. The lowest BCUT2D eigenvalue weighted by molar-refractivity contribution is -0.146. The number of aliphatic carboxylic acids is 1. The molecule has 0 amide bonds. The number of carboxylic acids is 1. The monoisotopic (exact) mass is 394 g/mol. The summed E-state index contributed by atoms with van der Waals surface area (Å²) in [5.41, 5.74) is 0. The van der Waals surface area contributed by atoms with E-state index in [0.717, 1.165) is 6.42 Å². The smallest absolute Gasteiger partial charge is 0.332 e. The summed E-state index contributed by atoms with van der Waals surface area (Å²) >= 11 is 0. The molecule has 28 heavy (non-hydrogen) atoms. The maximum atomic E-state index is 12.6. The topological polar surface area (TPSA) is 83.8 Å². The van der Waals surface area contributed by atoms with Crippen molar-refractivity contribution in [2.45, 2.75) is 77.7 Å². The molecule has 160 valence electrons. The van der Waals surface area contributed by atoms with Gasteiger partial charge in [0.1, 0.15) is 5.78 Å². The minimum Gasteiger partial charge on any atom is -0.479 e. The van der Waals surface area contributed by atoms with Gasteiger partial charge < -0.3 is 14.9 Å². The van der Waals surface area contributed by atoms with Crippen LogP contribution in [0.2, 0.25) is 0 Å². The van der Waals surface area contributed by atoms with Crippen LogP contribution in [0.15, 0.2) is 24.3 Å². The van der Waals surface area contributed by atoms with E-state index >= 15 is 0 Å². The van der Waals surface area contributed by atoms with Gasteiger partial charge in [-0.1, -0.05) is 50.5 Å². The molecule has 1 rings (SSSR count). The van der Waals surface area contributed by atoms with Crippen LogP contribution >= 0.6 is 0 Å². The molecule has 1 saturated carbocycles. The summed E-state index contributed by atoms with van der Waals surface area (Å²) in [6.07, 6.45) is 14.9. The average Bonchev–Trinajstić information content (AvgIpc) is 2.97. The fourth-order valence-corrected chi connectivity index (χ4v) is 3.79. The normalized spacial score (nSPS) is 23.8. The zero-order valence-electron chi connectivity index (χ0n) is 17.5. The maximum absolute atomic E-state index is 12.6. The van der Waals surface area contributed by atoms with E-state index in [9.17, 15) is 14.7 Å². The average molecular weight is 395 g/mol. The quantitative estimate of drug-likeness (QED) is 0.315. The third kappa shape index (κ3) is 9.16. The number of aliphatic hydroxyl groups is 1. The van der Waals surface area contributed by atoms with Crippen molar-refractivity contribution < 1.29 is 24.5 Å². The number of rotatable bonds is 15. The highest BCUT2D eigenvalue weighted by Crippen LogP contribution is 2.38. The molecule has 0 heterocycles. The van der Waals surface area contributed by atoms with E-state index in [4.69, 9.17) is 9.84 Å². The predicted molar refractivity (Wildman–Crippen MR) is 111 cm³/mol. The molecule has 1 fully saturated rings. The van der Waals surface area contributed by atoms with Gasteiger partial charge in [0.15, 0.2) is 6.10 Å². The third-order valence-corrected chi connectivity index (χ3v) is 5.45. The van der Waals surface area contributed by atoms with E-state index in [1.807, 2.05) is 19.1 Å². The molecule has 0 radical (unpaired) electrons. The summed E-state index contributed by atoms with van der Waals surface area (Å²) in [5, 5.41) is 18.0. The Labute approximate surface area is 169 Å². The van der Waals surface area contributed by atoms with Crippen molar-refractivity contribution in [3.63, 3.8) is 0 Å². The van der Waals surface area contributed by atoms with Crippen LogP contribution < -0.4 is 0 Å². The molecule has 5 heteroatoms. The molecule has 0 aromatic carbocycles. The van der Waals surface area contributed by atoms with Crippen molar-refractivity contribution >= 4 is 11.8 Å². The van der Waals surface area contributed by atoms with Crippen LogP contribution in [0.25, 0.3) is 0 Å². The Morgan fingerprint density at radius 2 is 1.96 bits per heavy atom. The van der Waals surface area contributed by atoms with E-state index < -0.39 is 12.1 Å². The molecule has 4 atom stereocenters. The Morgan fingerprint density at radius 3 is 2.64 bits per heavy atom. The van der Waals surface area contributed by atoms with Gasteiger partial charge in [-0.2, -0.15) is 0 Å². The summed E-state index contributed by atoms with van der Waals surface area (Å²) < 4.78 is 5.61. The molecule has 2 N–H and O–H groups in total. The van der Waals surface area contributed by atoms with Gasteiger partial charge in [-0.25, -0.2) is 4.79 Å². The van der Waals surface area contributed by atoms with Crippen LogP contribution in [0.4, 0.5) is 0 Å². The standard InChI is InChI=1S/C23H38O5/c1-3-5-6-7-8-10-13-19-18(17-28-4-2)16-22(25)20(19)14-11-9-12-15-21(24)23(26)27/h9-11,13,18-21,24H,3-8,12,14-17H2,1-2H3,(H,26,27)/b11-9-,13-10+/t18-,19-,20+,21?/m0/s1. The number of hydrogen-bond donors (Lipinski definition) is 2. The lowest BCUT2D eigenvalue weighted by Crippen LogP contribution is -2.19. The molecular weight excluding hydrogens is 356 g/mol. The van der Waals surface area contributed by atoms with Gasteiger partial charge in [0.25, 0.3) is 0 Å². The van der Waals surface area contributed by atoms with Crippen LogP contribution in [0.1, 0.15) is 71.6 Å². The minimum atomic E-state index is -1.32. The van der Waals surface area contributed by atoms with Gasteiger partial charge in [0.05, 0.1) is 6.61 Å². The molecule has 0 saturated heterocycles. The molecular formula is C23H38O5. The van der Waals surface area contributed by atoms with E-state index in [2.05, 4.69) is 19.1 Å². The Balaban J connectivity index is 2.58. The highest BCUT2D eigenvalue weighted by molar-refractivity contribution is 5.84. The molecule has 1 aliphatic rings. The zero-order valence-corrected chi connectivity index (χ0v) is 17.5. The van der Waals surface area contributed by atoms with Gasteiger partial charge in [-0.3, -0.25) is 4.79 Å². The van der Waals surface area contributed by atoms with Crippen molar-refractivity contribution in [3.8, 4) is 0 Å². The van der Waals surface area contributed by atoms with Gasteiger partial charge in [-0.05, 0) is 50.9 Å². The number of unbranched alkanes of at least 4 members (excludes halogenated alkanes) is 4. The summed E-state index contributed by atoms with van der Waals surface area (Å²) in [4.78, 5) is 23.2. The number of carbonyl (C=O) groups is 2. The zero-order chi connectivity index (χ0) is 20.8. The first kappa shape index (κ1) is 24.6. The maximum Gasteiger partial charge on any atom is 0.332 e. The highest BCUT2D eigenvalue weighted by Gasteiger charge is 2.39. The summed E-state index contributed by atoms with van der Waals surface area (Å²) in [6, 6.07) is 0. The molecule has 0 aromatic rings. The summed E-state index contributed by atoms with van der Waals surface area (Å²) in [7, 11) is 0. The van der Waals surface area contributed by atoms with E-state index in [-0.39, 0.29) is 24.2 Å². The van der Waals surface area contributed by atoms with Crippen molar-refractivity contribution in [2.24, 2.45) is 17.8 Å². The Bertz CT molecular complexity index is 511. The first-order chi connectivity index (χ1) is 13.5. The lowest BCUT2D eigenvalue weighted by atomic mass is 9.86. The van der Waals surface area contributed by atoms with Crippen LogP contribution in [0.3, 0.4) is 0 Å². The van der Waals surface area contributed by atoms with Gasteiger partial charge in [-0.15, -0.1) is 0 Å². The van der Waals surface area contributed by atoms with Crippen LogP contribution in [-0.2, 0) is 14.3 Å². The van der Waals surface area contributed by atoms with Crippen LogP contribution in [0.5, 0.6) is 0 Å². The van der Waals surface area contributed by atoms with E-state index in [1.165, 1.54) is 25.7 Å². The fraction of sp³-hybridized carbons (Fsp3) is 0.739. The molecule has 0 spiro atoms. The number of carbonyl (C=O) groups excluding carboxylic acids is 1. The minimum absolute atomic E-state index is 0.0296. The van der Waals surface area contributed by atoms with Crippen LogP contribution in [0, 0.1) is 17.8 Å². The first-order valence-electron chi connectivity index (χ1n) is 10.8. The number of Topliss-reactive ketones (excluding diaryl/α,β-unsaturated/α-hetero) is 1. The molecule has 5 nitrogen and oxygen atoms in total. The van der Waals surface area contributed by atoms with Crippen molar-refractivity contribution in [2.75, 3.05) is 13.2 Å². The Kier molecular flexibility index (Phi) is 12.8. The first-order valence-corrected chi connectivity index (χ1v) is 10.8. The highest BCUT2D eigenvalue weighted by atomic mass is 16.5. The Morgan fingerprint density at radius 1 is 1.18 bits per heavy atom. The summed E-state index contributed by atoms with van der Waals surface area (Å²) in [6.45, 7) is 5.46. The molecule has 0 aliphatic heterocycles. The SMILES string of the molecule is CCCCCC/C=C/[C@H]1[C@H](COCC)CC(=O)[C@@H]1C/C=C\CCC(O)C(=O)O. The van der Waals surface area contributed by atoms with Gasteiger partial charge >= 0.3 is 5.97 Å². The second kappa shape index (κ2) is 14.5. The van der Waals surface area contributed by atoms with E-state index in [0.29, 0.717) is 38.3 Å². The second-order valence-electron chi connectivity index (χ2n) is 7.69. The predicted octanol–water partition coefficient (Wildman–Crippen LogP) is 4.54. The van der Waals surface area contributed by atoms with E-state index in [1.54, 1.807) is 0 Å². The number of allylic oxidation sites excluding steroid dienone is 4. The largest absolute Gasteiger partial charge is 0.479 e. The fourth-order valence-electron chi connectivity index (χ4n) is 3.79. The molecule has 0 bridgehead atoms. The van der Waals surface area contributed by atoms with Crippen LogP contribution in [-0.4, -0.2) is 41.3 Å². The second-order valence-corrected chi connectivity index (χ2v) is 7.69. The number of carboxylic acid groups (broad SMARTS) is 1. The Hall–Kier alpha value is -1.46. The van der Waals surface area contributed by atoms with Gasteiger partial charge in [0.2, 0.25) is 0 Å².